The highest BCUT2D eigenvalue weighted by Gasteiger charge is 2.11. The summed E-state index contributed by atoms with van der Waals surface area (Å²) in [6.45, 7) is 1.47. The third-order valence-electron chi connectivity index (χ3n) is 1.70. The van der Waals surface area contributed by atoms with Crippen molar-refractivity contribution in [2.45, 2.75) is 6.42 Å². The second kappa shape index (κ2) is 5.15. The van der Waals surface area contributed by atoms with Crippen LogP contribution in [-0.2, 0) is 0 Å². The van der Waals surface area contributed by atoms with Gasteiger partial charge in [-0.3, -0.25) is 0 Å². The van der Waals surface area contributed by atoms with Crippen molar-refractivity contribution < 1.29 is 0 Å². The largest absolute Gasteiger partial charge is 0.351 e. The van der Waals surface area contributed by atoms with E-state index in [1.165, 1.54) is 11.3 Å². The second-order valence-corrected chi connectivity index (χ2v) is 4.13. The van der Waals surface area contributed by atoms with E-state index >= 15 is 0 Å². The average Bonchev–Trinajstić information content (AvgIpc) is 2.56. The molecule has 0 radical (unpaired) electrons. The number of aromatic nitrogens is 1. The lowest BCUT2D eigenvalue weighted by molar-refractivity contribution is 0.793. The van der Waals surface area contributed by atoms with Crippen molar-refractivity contribution in [1.29, 1.82) is 5.26 Å². The number of hydrogen-bond acceptors (Lipinski definition) is 5. The van der Waals surface area contributed by atoms with Crippen LogP contribution in [0.2, 0.25) is 5.15 Å². The van der Waals surface area contributed by atoms with Crippen LogP contribution in [0, 0.1) is 11.3 Å². The highest BCUT2D eigenvalue weighted by molar-refractivity contribution is 7.16. The van der Waals surface area contributed by atoms with Crippen molar-refractivity contribution in [3.63, 3.8) is 0 Å². The monoisotopic (exact) mass is 230 g/mol. The van der Waals surface area contributed by atoms with E-state index in [1.807, 2.05) is 18.0 Å². The number of anilines is 1. The molecule has 0 amide bonds. The lowest BCUT2D eigenvalue weighted by Crippen LogP contribution is -2.20. The first-order valence-corrected chi connectivity index (χ1v) is 5.36. The van der Waals surface area contributed by atoms with Gasteiger partial charge < -0.3 is 10.6 Å². The maximum absolute atomic E-state index is 8.69. The van der Waals surface area contributed by atoms with Gasteiger partial charge in [-0.1, -0.05) is 22.9 Å². The summed E-state index contributed by atoms with van der Waals surface area (Å²) in [6, 6.07) is 2.00. The van der Waals surface area contributed by atoms with Gasteiger partial charge in [0.2, 0.25) is 0 Å². The fourth-order valence-electron chi connectivity index (χ4n) is 0.947. The fourth-order valence-corrected chi connectivity index (χ4v) is 1.98. The summed E-state index contributed by atoms with van der Waals surface area (Å²) in [4.78, 5) is 6.49. The summed E-state index contributed by atoms with van der Waals surface area (Å²) < 4.78 is 0. The first-order chi connectivity index (χ1) is 6.69. The van der Waals surface area contributed by atoms with Crippen LogP contribution < -0.4 is 10.6 Å². The highest BCUT2D eigenvalue weighted by atomic mass is 35.5. The van der Waals surface area contributed by atoms with Gasteiger partial charge in [-0.2, -0.15) is 5.26 Å². The predicted molar refractivity (Wildman–Crippen MR) is 58.8 cm³/mol. The van der Waals surface area contributed by atoms with E-state index < -0.39 is 0 Å². The van der Waals surface area contributed by atoms with E-state index in [0.29, 0.717) is 11.4 Å². The molecule has 14 heavy (non-hydrogen) atoms. The van der Waals surface area contributed by atoms with E-state index in [2.05, 4.69) is 4.98 Å². The Labute approximate surface area is 91.9 Å². The van der Waals surface area contributed by atoms with Crippen LogP contribution in [0.5, 0.6) is 0 Å². The number of nitriles is 1. The van der Waals surface area contributed by atoms with Crippen LogP contribution >= 0.6 is 22.9 Å². The Bertz CT molecular complexity index is 344. The number of nitrogens with two attached hydrogens (primary N) is 1. The van der Waals surface area contributed by atoms with E-state index in [1.54, 1.807) is 0 Å². The standard InChI is InChI=1S/C8H11ClN4S/c1-13(4-2-3-10)8-12-7(9)6(5-11)14-8/h2-4,10H2,1H3. The summed E-state index contributed by atoms with van der Waals surface area (Å²) in [7, 11) is 1.91. The molecular weight excluding hydrogens is 220 g/mol. The first kappa shape index (κ1) is 11.2. The zero-order chi connectivity index (χ0) is 10.6. The summed E-state index contributed by atoms with van der Waals surface area (Å²) in [5, 5.41) is 9.74. The van der Waals surface area contributed by atoms with Gasteiger partial charge in [0.25, 0.3) is 0 Å². The summed E-state index contributed by atoms with van der Waals surface area (Å²) >= 11 is 7.05. The van der Waals surface area contributed by atoms with Crippen molar-refractivity contribution in [2.75, 3.05) is 25.0 Å². The van der Waals surface area contributed by atoms with Crippen LogP contribution in [0.1, 0.15) is 11.3 Å². The molecule has 1 aromatic heterocycles. The van der Waals surface area contributed by atoms with E-state index in [0.717, 1.165) is 18.1 Å². The van der Waals surface area contributed by atoms with Crippen LogP contribution in [0.25, 0.3) is 0 Å². The number of hydrogen-bond donors (Lipinski definition) is 1. The molecule has 0 aliphatic carbocycles. The Hall–Kier alpha value is -0.830. The number of nitrogens with zero attached hydrogens (tertiary/aromatic N) is 3. The third-order valence-corrected chi connectivity index (χ3v) is 3.16. The van der Waals surface area contributed by atoms with Crippen LogP contribution in [-0.4, -0.2) is 25.1 Å². The van der Waals surface area contributed by atoms with Crippen molar-refractivity contribution in [3.8, 4) is 6.07 Å². The molecule has 76 valence electrons. The van der Waals surface area contributed by atoms with Gasteiger partial charge in [0.05, 0.1) is 0 Å². The molecule has 0 unspecified atom stereocenters. The molecular formula is C8H11ClN4S. The van der Waals surface area contributed by atoms with Crippen LogP contribution in [0.15, 0.2) is 0 Å². The Kier molecular flexibility index (Phi) is 4.14. The molecule has 1 aromatic rings. The van der Waals surface area contributed by atoms with Gasteiger partial charge in [-0.05, 0) is 13.0 Å². The van der Waals surface area contributed by atoms with Crippen LogP contribution in [0.4, 0.5) is 5.13 Å². The van der Waals surface area contributed by atoms with Gasteiger partial charge in [-0.25, -0.2) is 4.98 Å². The van der Waals surface area contributed by atoms with Gasteiger partial charge in [0.1, 0.15) is 10.9 Å². The molecule has 0 aromatic carbocycles. The molecule has 6 heteroatoms. The number of halogens is 1. The minimum Gasteiger partial charge on any atom is -0.351 e. The molecule has 4 nitrogen and oxygen atoms in total. The summed E-state index contributed by atoms with van der Waals surface area (Å²) in [5.41, 5.74) is 5.39. The number of thiazole rings is 1. The van der Waals surface area contributed by atoms with Gasteiger partial charge in [0.15, 0.2) is 10.3 Å². The van der Waals surface area contributed by atoms with E-state index in [-0.39, 0.29) is 5.15 Å². The smallest absolute Gasteiger partial charge is 0.187 e. The van der Waals surface area contributed by atoms with E-state index in [9.17, 15) is 0 Å². The van der Waals surface area contributed by atoms with Gasteiger partial charge in [-0.15, -0.1) is 0 Å². The van der Waals surface area contributed by atoms with Crippen molar-refractivity contribution in [3.05, 3.63) is 10.0 Å². The normalized spacial score (nSPS) is 9.86. The van der Waals surface area contributed by atoms with Crippen molar-refractivity contribution in [2.24, 2.45) is 5.73 Å². The van der Waals surface area contributed by atoms with Gasteiger partial charge in [0, 0.05) is 13.6 Å². The Morgan fingerprint density at radius 1 is 1.71 bits per heavy atom. The second-order valence-electron chi connectivity index (χ2n) is 2.79. The molecule has 0 spiro atoms. The first-order valence-electron chi connectivity index (χ1n) is 4.16. The van der Waals surface area contributed by atoms with Gasteiger partial charge >= 0.3 is 0 Å². The molecule has 1 rings (SSSR count). The van der Waals surface area contributed by atoms with Crippen molar-refractivity contribution in [1.82, 2.24) is 4.98 Å². The molecule has 0 atom stereocenters. The minimum atomic E-state index is 0.284. The third kappa shape index (κ3) is 2.58. The lowest BCUT2D eigenvalue weighted by atomic mass is 10.4. The SMILES string of the molecule is CN(CCCN)c1nc(Cl)c(C#N)s1. The molecule has 0 saturated heterocycles. The predicted octanol–water partition coefficient (Wildman–Crippen LogP) is 1.45. The zero-order valence-corrected chi connectivity index (χ0v) is 9.40. The Balaban J connectivity index is 2.71. The molecule has 0 aliphatic rings. The highest BCUT2D eigenvalue weighted by Crippen LogP contribution is 2.27. The summed E-state index contributed by atoms with van der Waals surface area (Å²) in [6.07, 6.45) is 0.898. The topological polar surface area (TPSA) is 65.9 Å². The Morgan fingerprint density at radius 3 is 2.93 bits per heavy atom. The summed E-state index contributed by atoms with van der Waals surface area (Å²) in [5.74, 6) is 0. The maximum atomic E-state index is 8.69. The number of rotatable bonds is 4. The molecule has 0 aliphatic heterocycles. The molecule has 1 heterocycles. The zero-order valence-electron chi connectivity index (χ0n) is 7.83. The fraction of sp³-hybridized carbons (Fsp3) is 0.500. The molecule has 2 N–H and O–H groups in total. The quantitative estimate of drug-likeness (QED) is 0.851. The molecule has 0 bridgehead atoms. The Morgan fingerprint density at radius 2 is 2.43 bits per heavy atom. The van der Waals surface area contributed by atoms with Crippen molar-refractivity contribution >= 4 is 28.1 Å². The molecule has 0 saturated carbocycles. The minimum absolute atomic E-state index is 0.284. The lowest BCUT2D eigenvalue weighted by Gasteiger charge is -2.13. The van der Waals surface area contributed by atoms with Crippen LogP contribution in [0.3, 0.4) is 0 Å². The maximum Gasteiger partial charge on any atom is 0.187 e. The van der Waals surface area contributed by atoms with E-state index in [4.69, 9.17) is 22.6 Å². The molecule has 0 fully saturated rings. The average molecular weight is 231 g/mol.